The van der Waals surface area contributed by atoms with Crippen molar-refractivity contribution in [2.45, 2.75) is 33.0 Å². The van der Waals surface area contributed by atoms with E-state index in [0.717, 1.165) is 0 Å². The summed E-state index contributed by atoms with van der Waals surface area (Å²) in [5.41, 5.74) is 1.04. The Morgan fingerprint density at radius 2 is 1.85 bits per heavy atom. The summed E-state index contributed by atoms with van der Waals surface area (Å²) in [4.78, 5) is 22.1. The number of hydrogen-bond donors (Lipinski definition) is 4. The van der Waals surface area contributed by atoms with Crippen LogP contribution in [0.5, 0.6) is 5.75 Å². The average Bonchev–Trinajstić information content (AvgIpc) is 2.36. The summed E-state index contributed by atoms with van der Waals surface area (Å²) < 4.78 is 0. The number of carbonyl (C=O) groups excluding carboxylic acids is 2. The quantitative estimate of drug-likeness (QED) is 0.586. The highest BCUT2D eigenvalue weighted by molar-refractivity contribution is 5.97. The Balaban J connectivity index is 2.98. The van der Waals surface area contributed by atoms with Gasteiger partial charge in [0.15, 0.2) is 5.78 Å². The monoisotopic (exact) mass is 281 g/mol. The highest BCUT2D eigenvalue weighted by Crippen LogP contribution is 2.28. The molecule has 0 fully saturated rings. The van der Waals surface area contributed by atoms with E-state index in [1.165, 1.54) is 26.0 Å². The first-order chi connectivity index (χ1) is 9.23. The number of rotatable bonds is 5. The van der Waals surface area contributed by atoms with E-state index in [0.29, 0.717) is 11.1 Å². The lowest BCUT2D eigenvalue weighted by atomic mass is 9.95. The molecule has 1 amide bonds. The summed E-state index contributed by atoms with van der Waals surface area (Å²) >= 11 is 0. The zero-order chi connectivity index (χ0) is 15.4. The Labute approximate surface area is 117 Å². The second-order valence-electron chi connectivity index (χ2n) is 4.73. The van der Waals surface area contributed by atoms with E-state index in [-0.39, 0.29) is 29.5 Å². The summed E-state index contributed by atoms with van der Waals surface area (Å²) in [5, 5.41) is 32.0. The molecule has 1 rings (SSSR count). The zero-order valence-corrected chi connectivity index (χ0v) is 11.7. The fraction of sp³-hybridized carbons (Fsp3) is 0.429. The van der Waals surface area contributed by atoms with Gasteiger partial charge in [-0.2, -0.15) is 0 Å². The highest BCUT2D eigenvalue weighted by atomic mass is 16.3. The molecule has 20 heavy (non-hydrogen) atoms. The van der Waals surface area contributed by atoms with Crippen LogP contribution in [0.3, 0.4) is 0 Å². The van der Waals surface area contributed by atoms with Crippen molar-refractivity contribution in [1.29, 1.82) is 0 Å². The van der Waals surface area contributed by atoms with Crippen LogP contribution in [0.4, 0.5) is 0 Å². The van der Waals surface area contributed by atoms with Gasteiger partial charge in [0, 0.05) is 13.5 Å². The standard InChI is InChI=1S/C14H19NO5/c1-7-4-11(8(2)16)12(18)5-10(7)14(20)13(19)6-15-9(3)17/h4-5,13-14,18-20H,6H2,1-3H3,(H,15,17). The largest absolute Gasteiger partial charge is 0.507 e. The van der Waals surface area contributed by atoms with Crippen molar-refractivity contribution in [1.82, 2.24) is 5.32 Å². The molecule has 0 aliphatic carbocycles. The molecule has 0 heterocycles. The summed E-state index contributed by atoms with van der Waals surface area (Å²) in [6.45, 7) is 4.19. The van der Waals surface area contributed by atoms with Crippen molar-refractivity contribution < 1.29 is 24.9 Å². The van der Waals surface area contributed by atoms with Gasteiger partial charge in [0.2, 0.25) is 5.91 Å². The normalized spacial score (nSPS) is 13.7. The number of aliphatic hydroxyl groups is 2. The number of aryl methyl sites for hydroxylation is 1. The number of aliphatic hydroxyl groups excluding tert-OH is 2. The molecule has 6 heteroatoms. The van der Waals surface area contributed by atoms with Gasteiger partial charge in [-0.1, -0.05) is 0 Å². The van der Waals surface area contributed by atoms with Crippen molar-refractivity contribution >= 4 is 11.7 Å². The summed E-state index contributed by atoms with van der Waals surface area (Å²) in [5.74, 6) is -0.850. The molecule has 0 radical (unpaired) electrons. The van der Waals surface area contributed by atoms with Crippen molar-refractivity contribution in [3.05, 3.63) is 28.8 Å². The smallest absolute Gasteiger partial charge is 0.216 e. The third kappa shape index (κ3) is 3.79. The van der Waals surface area contributed by atoms with Crippen LogP contribution in [-0.2, 0) is 4.79 Å². The fourth-order valence-electron chi connectivity index (χ4n) is 1.88. The average molecular weight is 281 g/mol. The molecular weight excluding hydrogens is 262 g/mol. The second kappa shape index (κ2) is 6.49. The van der Waals surface area contributed by atoms with E-state index in [9.17, 15) is 24.9 Å². The first kappa shape index (κ1) is 16.1. The summed E-state index contributed by atoms with van der Waals surface area (Å²) in [6, 6.07) is 2.72. The van der Waals surface area contributed by atoms with Crippen molar-refractivity contribution in [2.24, 2.45) is 0 Å². The first-order valence-corrected chi connectivity index (χ1v) is 6.19. The Bertz CT molecular complexity index is 527. The number of amides is 1. The number of nitrogens with one attached hydrogen (secondary N) is 1. The van der Waals surface area contributed by atoms with Crippen LogP contribution in [0.2, 0.25) is 0 Å². The van der Waals surface area contributed by atoms with Gasteiger partial charge >= 0.3 is 0 Å². The molecule has 2 unspecified atom stereocenters. The Morgan fingerprint density at radius 1 is 1.25 bits per heavy atom. The van der Waals surface area contributed by atoms with E-state index in [2.05, 4.69) is 5.32 Å². The lowest BCUT2D eigenvalue weighted by Gasteiger charge is -2.21. The van der Waals surface area contributed by atoms with Crippen LogP contribution in [0.1, 0.15) is 41.4 Å². The van der Waals surface area contributed by atoms with E-state index < -0.39 is 12.2 Å². The van der Waals surface area contributed by atoms with Gasteiger partial charge in [-0.25, -0.2) is 0 Å². The zero-order valence-electron chi connectivity index (χ0n) is 11.7. The van der Waals surface area contributed by atoms with Gasteiger partial charge < -0.3 is 20.6 Å². The number of benzene rings is 1. The molecule has 4 N–H and O–H groups in total. The number of Topliss-reactive ketones (excluding diaryl/α,β-unsaturated/α-hetero) is 1. The third-order valence-electron chi connectivity index (χ3n) is 3.01. The van der Waals surface area contributed by atoms with Crippen LogP contribution in [0.25, 0.3) is 0 Å². The molecule has 1 aromatic carbocycles. The summed E-state index contributed by atoms with van der Waals surface area (Å²) in [7, 11) is 0. The maximum absolute atomic E-state index is 11.3. The fourth-order valence-corrected chi connectivity index (χ4v) is 1.88. The van der Waals surface area contributed by atoms with Gasteiger partial charge in [0.25, 0.3) is 0 Å². The first-order valence-electron chi connectivity index (χ1n) is 6.19. The van der Waals surface area contributed by atoms with Crippen molar-refractivity contribution in [3.8, 4) is 5.75 Å². The van der Waals surface area contributed by atoms with E-state index in [4.69, 9.17) is 0 Å². The second-order valence-corrected chi connectivity index (χ2v) is 4.73. The van der Waals surface area contributed by atoms with Gasteiger partial charge in [-0.15, -0.1) is 0 Å². The number of phenolic OH excluding ortho intramolecular Hbond substituents is 1. The minimum atomic E-state index is -1.27. The molecule has 0 spiro atoms. The van der Waals surface area contributed by atoms with Crippen LogP contribution in [-0.4, -0.2) is 39.7 Å². The molecule has 0 bridgehead atoms. The molecule has 0 aliphatic rings. The van der Waals surface area contributed by atoms with Gasteiger partial charge in [-0.3, -0.25) is 9.59 Å². The highest BCUT2D eigenvalue weighted by Gasteiger charge is 2.22. The van der Waals surface area contributed by atoms with Gasteiger partial charge in [0.05, 0.1) is 5.56 Å². The molecule has 6 nitrogen and oxygen atoms in total. The maximum Gasteiger partial charge on any atom is 0.216 e. The number of ketones is 1. The van der Waals surface area contributed by atoms with E-state index in [1.807, 2.05) is 0 Å². The van der Waals surface area contributed by atoms with Crippen molar-refractivity contribution in [3.63, 3.8) is 0 Å². The summed E-state index contributed by atoms with van der Waals surface area (Å²) in [6.07, 6.45) is -2.48. The van der Waals surface area contributed by atoms with Crippen LogP contribution in [0, 0.1) is 6.92 Å². The third-order valence-corrected chi connectivity index (χ3v) is 3.01. The number of phenols is 1. The molecular formula is C14H19NO5. The lowest BCUT2D eigenvalue weighted by Crippen LogP contribution is -2.34. The molecule has 0 aliphatic heterocycles. The molecule has 0 saturated heterocycles. The SMILES string of the molecule is CC(=O)NCC(O)C(O)c1cc(O)c(C(C)=O)cc1C. The molecule has 0 saturated carbocycles. The van der Waals surface area contributed by atoms with Gasteiger partial charge in [0.1, 0.15) is 18.0 Å². The van der Waals surface area contributed by atoms with Gasteiger partial charge in [-0.05, 0) is 37.1 Å². The predicted octanol–water partition coefficient (Wildman–Crippen LogP) is 0.434. The molecule has 0 aromatic heterocycles. The number of hydrogen-bond acceptors (Lipinski definition) is 5. The lowest BCUT2D eigenvalue weighted by molar-refractivity contribution is -0.119. The molecule has 1 aromatic rings. The minimum Gasteiger partial charge on any atom is -0.507 e. The van der Waals surface area contributed by atoms with E-state index >= 15 is 0 Å². The predicted molar refractivity (Wildman–Crippen MR) is 72.5 cm³/mol. The van der Waals surface area contributed by atoms with Crippen LogP contribution < -0.4 is 5.32 Å². The maximum atomic E-state index is 11.3. The Morgan fingerprint density at radius 3 is 2.35 bits per heavy atom. The van der Waals surface area contributed by atoms with E-state index in [1.54, 1.807) is 6.92 Å². The molecule has 2 atom stereocenters. The van der Waals surface area contributed by atoms with Crippen LogP contribution in [0.15, 0.2) is 12.1 Å². The Hall–Kier alpha value is -1.92. The van der Waals surface area contributed by atoms with Crippen molar-refractivity contribution in [2.75, 3.05) is 6.54 Å². The molecule has 110 valence electrons. The minimum absolute atomic E-state index is 0.106. The Kier molecular flexibility index (Phi) is 5.24. The number of carbonyl (C=O) groups is 2. The van der Waals surface area contributed by atoms with Crippen LogP contribution >= 0.6 is 0 Å². The topological polar surface area (TPSA) is 107 Å². The number of aromatic hydroxyl groups is 1.